The Kier molecular flexibility index (Phi) is 7.14. The Morgan fingerprint density at radius 1 is 1.23 bits per heavy atom. The zero-order chi connectivity index (χ0) is 22.7. The van der Waals surface area contributed by atoms with Gasteiger partial charge in [0.05, 0.1) is 24.1 Å². The van der Waals surface area contributed by atoms with Gasteiger partial charge in [-0.1, -0.05) is 27.5 Å². The van der Waals surface area contributed by atoms with Crippen LogP contribution in [0.4, 0.5) is 10.5 Å². The van der Waals surface area contributed by atoms with Crippen molar-refractivity contribution in [3.05, 3.63) is 50.3 Å². The molecule has 2 aromatic rings. The first-order valence-electron chi connectivity index (χ1n) is 8.68. The molecule has 1 saturated heterocycles. The number of carbonyl (C=O) groups excluding carboxylic acids is 3. The minimum Gasteiger partial charge on any atom is -0.504 e. The number of amides is 3. The number of aromatic hydroxyl groups is 1. The Balaban J connectivity index is 1.74. The molecule has 0 unspecified atom stereocenters. The van der Waals surface area contributed by atoms with Crippen LogP contribution in [0.3, 0.4) is 0 Å². The molecule has 0 atom stereocenters. The smallest absolute Gasteiger partial charge is 0.294 e. The van der Waals surface area contributed by atoms with Crippen molar-refractivity contribution in [2.24, 2.45) is 0 Å². The van der Waals surface area contributed by atoms with E-state index >= 15 is 0 Å². The van der Waals surface area contributed by atoms with Crippen molar-refractivity contribution < 1.29 is 29.0 Å². The number of halogens is 2. The first-order valence-corrected chi connectivity index (χ1v) is 10.7. The number of carbonyl (C=O) groups is 3. The summed E-state index contributed by atoms with van der Waals surface area (Å²) in [5.41, 5.74) is 0.927. The van der Waals surface area contributed by atoms with Crippen LogP contribution in [0.15, 0.2) is 39.7 Å². The number of imide groups is 1. The lowest BCUT2D eigenvalue weighted by molar-refractivity contribution is -0.127. The summed E-state index contributed by atoms with van der Waals surface area (Å²) in [6.07, 6.45) is 1.48. The summed E-state index contributed by atoms with van der Waals surface area (Å²) >= 11 is 10.0. The van der Waals surface area contributed by atoms with Gasteiger partial charge in [0, 0.05) is 10.2 Å². The number of benzene rings is 2. The van der Waals surface area contributed by atoms with Crippen molar-refractivity contribution >= 4 is 68.1 Å². The Hall–Kier alpha value is -2.69. The molecule has 1 fully saturated rings. The minimum atomic E-state index is -0.600. The van der Waals surface area contributed by atoms with Gasteiger partial charge in [0.1, 0.15) is 12.3 Å². The number of phenols is 1. The highest BCUT2D eigenvalue weighted by atomic mass is 79.9. The molecule has 3 rings (SSSR count). The minimum absolute atomic E-state index is 0.0741. The van der Waals surface area contributed by atoms with E-state index in [1.54, 1.807) is 12.1 Å². The van der Waals surface area contributed by atoms with Crippen LogP contribution in [-0.4, -0.2) is 47.8 Å². The van der Waals surface area contributed by atoms with E-state index in [-0.39, 0.29) is 16.4 Å². The number of phenolic OH excluding ortho intramolecular Hbond substituents is 1. The molecular formula is C20H16BrClN2O6S. The molecule has 31 heavy (non-hydrogen) atoms. The number of rotatable bonds is 6. The zero-order valence-electron chi connectivity index (χ0n) is 16.3. The van der Waals surface area contributed by atoms with Gasteiger partial charge in [-0.15, -0.1) is 0 Å². The van der Waals surface area contributed by atoms with Gasteiger partial charge >= 0.3 is 0 Å². The number of nitrogens with zero attached hydrogens (tertiary/aromatic N) is 1. The van der Waals surface area contributed by atoms with E-state index in [2.05, 4.69) is 21.2 Å². The van der Waals surface area contributed by atoms with Crippen molar-refractivity contribution in [1.82, 2.24) is 4.90 Å². The third-order valence-corrected chi connectivity index (χ3v) is 6.09. The maximum atomic E-state index is 12.7. The van der Waals surface area contributed by atoms with Gasteiger partial charge in [-0.25, -0.2) is 0 Å². The molecule has 162 valence electrons. The highest BCUT2D eigenvalue weighted by molar-refractivity contribution is 9.10. The van der Waals surface area contributed by atoms with Gasteiger partial charge in [0.15, 0.2) is 11.5 Å². The van der Waals surface area contributed by atoms with E-state index in [0.29, 0.717) is 38.3 Å². The summed E-state index contributed by atoms with van der Waals surface area (Å²) in [7, 11) is 2.87. The first kappa shape index (κ1) is 23.0. The molecule has 11 heteroatoms. The van der Waals surface area contributed by atoms with Crippen LogP contribution in [0.1, 0.15) is 5.56 Å². The molecular weight excluding hydrogens is 512 g/mol. The molecule has 1 heterocycles. The monoisotopic (exact) mass is 526 g/mol. The molecule has 2 N–H and O–H groups in total. The summed E-state index contributed by atoms with van der Waals surface area (Å²) in [5.74, 6) is -0.567. The van der Waals surface area contributed by atoms with E-state index in [4.69, 9.17) is 21.1 Å². The second kappa shape index (κ2) is 9.63. The highest BCUT2D eigenvalue weighted by Crippen LogP contribution is 2.37. The zero-order valence-corrected chi connectivity index (χ0v) is 19.4. The Bertz CT molecular complexity index is 1110. The highest BCUT2D eigenvalue weighted by Gasteiger charge is 2.36. The standard InChI is InChI=1S/C20H16BrClN2O6S/c1-29-15-4-3-11(7-13(15)22)23-18(26)9-24-19(27)17(31-20(24)28)6-10-5-16(30-2)14(25)8-12(10)21/h3-8,25H,9H2,1-2H3,(H,23,26)/b17-6-. The third-order valence-electron chi connectivity index (χ3n) is 4.20. The number of thioether (sulfide) groups is 1. The summed E-state index contributed by atoms with van der Waals surface area (Å²) in [6.45, 7) is -0.453. The first-order chi connectivity index (χ1) is 14.7. The predicted molar refractivity (Wildman–Crippen MR) is 122 cm³/mol. The van der Waals surface area contributed by atoms with Crippen molar-refractivity contribution in [2.75, 3.05) is 26.1 Å². The maximum Gasteiger partial charge on any atom is 0.294 e. The van der Waals surface area contributed by atoms with Crippen LogP contribution in [0.2, 0.25) is 5.02 Å². The van der Waals surface area contributed by atoms with E-state index in [0.717, 1.165) is 4.90 Å². The Morgan fingerprint density at radius 3 is 2.58 bits per heavy atom. The number of methoxy groups -OCH3 is 2. The van der Waals surface area contributed by atoms with E-state index in [1.807, 2.05) is 0 Å². The normalized spacial score (nSPS) is 14.8. The van der Waals surface area contributed by atoms with E-state index in [9.17, 15) is 19.5 Å². The lowest BCUT2D eigenvalue weighted by atomic mass is 10.2. The van der Waals surface area contributed by atoms with Crippen LogP contribution in [0.25, 0.3) is 6.08 Å². The van der Waals surface area contributed by atoms with Gasteiger partial charge in [-0.2, -0.15) is 0 Å². The van der Waals surface area contributed by atoms with Crippen LogP contribution in [0, 0.1) is 0 Å². The summed E-state index contributed by atoms with van der Waals surface area (Å²) in [5, 5.41) is 12.1. The Morgan fingerprint density at radius 2 is 1.94 bits per heavy atom. The van der Waals surface area contributed by atoms with Crippen molar-refractivity contribution in [1.29, 1.82) is 0 Å². The number of nitrogens with one attached hydrogen (secondary N) is 1. The third kappa shape index (κ3) is 5.15. The molecule has 1 aliphatic heterocycles. The fraction of sp³-hybridized carbons (Fsp3) is 0.150. The van der Waals surface area contributed by atoms with Crippen LogP contribution in [-0.2, 0) is 9.59 Å². The molecule has 0 aromatic heterocycles. The van der Waals surface area contributed by atoms with Crippen LogP contribution in [0.5, 0.6) is 17.2 Å². The van der Waals surface area contributed by atoms with Gasteiger partial charge < -0.3 is 19.9 Å². The molecule has 0 bridgehead atoms. The van der Waals surface area contributed by atoms with Crippen LogP contribution < -0.4 is 14.8 Å². The van der Waals surface area contributed by atoms with Gasteiger partial charge in [0.25, 0.3) is 11.1 Å². The SMILES string of the molecule is COc1cc(/C=C2\SC(=O)N(CC(=O)Nc3ccc(OC)c(Cl)c3)C2=O)c(Br)cc1O. The Labute approximate surface area is 195 Å². The van der Waals surface area contributed by atoms with Gasteiger partial charge in [0.2, 0.25) is 5.91 Å². The number of ether oxygens (including phenoxy) is 2. The fourth-order valence-electron chi connectivity index (χ4n) is 2.70. The molecule has 2 aromatic carbocycles. The summed E-state index contributed by atoms with van der Waals surface area (Å²) in [6, 6.07) is 7.62. The van der Waals surface area contributed by atoms with Crippen molar-refractivity contribution in [3.63, 3.8) is 0 Å². The largest absolute Gasteiger partial charge is 0.504 e. The lowest BCUT2D eigenvalue weighted by Crippen LogP contribution is -2.36. The molecule has 1 aliphatic rings. The lowest BCUT2D eigenvalue weighted by Gasteiger charge is -2.13. The van der Waals surface area contributed by atoms with E-state index < -0.39 is 23.6 Å². The molecule has 0 spiro atoms. The molecule has 0 aliphatic carbocycles. The predicted octanol–water partition coefficient (Wildman–Crippen LogP) is 4.50. The number of hydrogen-bond acceptors (Lipinski definition) is 7. The molecule has 0 radical (unpaired) electrons. The topological polar surface area (TPSA) is 105 Å². The average Bonchev–Trinajstić information content (AvgIpc) is 2.97. The molecule has 8 nitrogen and oxygen atoms in total. The quantitative estimate of drug-likeness (QED) is 0.533. The maximum absolute atomic E-state index is 12.7. The van der Waals surface area contributed by atoms with Crippen LogP contribution >= 0.6 is 39.3 Å². The molecule has 3 amide bonds. The average molecular weight is 528 g/mol. The fourth-order valence-corrected chi connectivity index (χ4v) is 4.23. The van der Waals surface area contributed by atoms with E-state index in [1.165, 1.54) is 38.5 Å². The van der Waals surface area contributed by atoms with Crippen molar-refractivity contribution in [2.45, 2.75) is 0 Å². The van der Waals surface area contributed by atoms with Gasteiger partial charge in [-0.05, 0) is 53.7 Å². The number of hydrogen-bond donors (Lipinski definition) is 2. The summed E-state index contributed by atoms with van der Waals surface area (Å²) in [4.78, 5) is 38.3. The molecule has 0 saturated carbocycles. The second-order valence-electron chi connectivity index (χ2n) is 6.21. The summed E-state index contributed by atoms with van der Waals surface area (Å²) < 4.78 is 10.6. The van der Waals surface area contributed by atoms with Crippen molar-refractivity contribution in [3.8, 4) is 17.2 Å². The second-order valence-corrected chi connectivity index (χ2v) is 8.47. The van der Waals surface area contributed by atoms with Gasteiger partial charge in [-0.3, -0.25) is 19.3 Å². The number of anilines is 1.